The molecule has 2 aliphatic rings. The van der Waals surface area contributed by atoms with E-state index in [1.54, 1.807) is 6.92 Å². The number of hydrogen-bond acceptors (Lipinski definition) is 7. The van der Waals surface area contributed by atoms with Gasteiger partial charge in [-0.2, -0.15) is 0 Å². The Morgan fingerprint density at radius 3 is 2.36 bits per heavy atom. The van der Waals surface area contributed by atoms with Crippen LogP contribution in [0.5, 0.6) is 5.75 Å². The van der Waals surface area contributed by atoms with E-state index in [1.165, 1.54) is 0 Å². The van der Waals surface area contributed by atoms with Gasteiger partial charge < -0.3 is 14.2 Å². The highest BCUT2D eigenvalue weighted by Crippen LogP contribution is 2.31. The normalized spacial score (nSPS) is 19.9. The number of carbonyl (C=O) groups excluding carboxylic acids is 3. The number of thioether (sulfide) groups is 1. The predicted molar refractivity (Wildman–Crippen MR) is 125 cm³/mol. The fourth-order valence-corrected chi connectivity index (χ4v) is 4.65. The van der Waals surface area contributed by atoms with Crippen LogP contribution in [0.4, 0.5) is 0 Å². The van der Waals surface area contributed by atoms with Crippen molar-refractivity contribution in [3.05, 3.63) is 65.2 Å². The molecule has 0 amide bonds. The first-order valence-corrected chi connectivity index (χ1v) is 12.1. The summed E-state index contributed by atoms with van der Waals surface area (Å²) in [6, 6.07) is 15.5. The van der Waals surface area contributed by atoms with Crippen LogP contribution in [0.15, 0.2) is 48.5 Å². The second-order valence-electron chi connectivity index (χ2n) is 8.59. The summed E-state index contributed by atoms with van der Waals surface area (Å²) in [6.45, 7) is 3.99. The van der Waals surface area contributed by atoms with Gasteiger partial charge in [-0.1, -0.05) is 53.7 Å². The molecule has 1 saturated carbocycles. The molecule has 0 radical (unpaired) electrons. The monoisotopic (exact) mass is 468 g/mol. The molecule has 0 spiro atoms. The van der Waals surface area contributed by atoms with Crippen LogP contribution in [0, 0.1) is 12.8 Å². The van der Waals surface area contributed by atoms with Crippen LogP contribution in [-0.4, -0.2) is 35.0 Å². The predicted octanol–water partition coefficient (Wildman–Crippen LogP) is 4.57. The summed E-state index contributed by atoms with van der Waals surface area (Å²) in [6.07, 6.45) is 1.25. The number of carbonyl (C=O) groups is 3. The Hall–Kier alpha value is -2.64. The number of esters is 1. The van der Waals surface area contributed by atoms with Crippen molar-refractivity contribution >= 4 is 28.6 Å². The minimum absolute atomic E-state index is 0.0000733. The highest BCUT2D eigenvalue weighted by atomic mass is 32.2. The van der Waals surface area contributed by atoms with Crippen molar-refractivity contribution in [1.29, 1.82) is 0 Å². The van der Waals surface area contributed by atoms with Crippen molar-refractivity contribution in [1.82, 2.24) is 0 Å². The number of ketones is 1. The van der Waals surface area contributed by atoms with Crippen LogP contribution in [0.3, 0.4) is 0 Å². The third-order valence-corrected chi connectivity index (χ3v) is 6.82. The Balaban J connectivity index is 1.36. The van der Waals surface area contributed by atoms with E-state index in [0.29, 0.717) is 12.2 Å². The van der Waals surface area contributed by atoms with E-state index < -0.39 is 12.4 Å². The molecule has 7 heteroatoms. The van der Waals surface area contributed by atoms with Crippen molar-refractivity contribution in [2.45, 2.75) is 57.2 Å². The first-order chi connectivity index (χ1) is 15.9. The van der Waals surface area contributed by atoms with Crippen LogP contribution in [0.2, 0.25) is 0 Å². The van der Waals surface area contributed by atoms with Gasteiger partial charge in [-0.15, -0.1) is 0 Å². The van der Waals surface area contributed by atoms with E-state index in [4.69, 9.17) is 14.2 Å². The summed E-state index contributed by atoms with van der Waals surface area (Å²) < 4.78 is 17.5. The van der Waals surface area contributed by atoms with Gasteiger partial charge in [-0.05, 0) is 56.4 Å². The number of ether oxygens (including phenoxy) is 3. The quantitative estimate of drug-likeness (QED) is 0.287. The summed E-state index contributed by atoms with van der Waals surface area (Å²) in [7, 11) is 0. The molecule has 1 aliphatic heterocycles. The molecule has 33 heavy (non-hydrogen) atoms. The second-order valence-corrected chi connectivity index (χ2v) is 9.85. The molecule has 3 unspecified atom stereocenters. The van der Waals surface area contributed by atoms with E-state index in [2.05, 4.69) is 0 Å². The van der Waals surface area contributed by atoms with Gasteiger partial charge in [-0.25, -0.2) is 0 Å². The molecule has 1 heterocycles. The number of benzene rings is 2. The summed E-state index contributed by atoms with van der Waals surface area (Å²) in [4.78, 5) is 35.3. The fourth-order valence-electron chi connectivity index (χ4n) is 3.62. The Morgan fingerprint density at radius 2 is 1.76 bits per heavy atom. The average molecular weight is 469 g/mol. The number of rotatable bonds is 10. The first kappa shape index (κ1) is 23.5. The van der Waals surface area contributed by atoms with E-state index >= 15 is 0 Å². The Kier molecular flexibility index (Phi) is 7.50. The zero-order chi connectivity index (χ0) is 23.4. The Labute approximate surface area is 198 Å². The van der Waals surface area contributed by atoms with Crippen molar-refractivity contribution in [3.63, 3.8) is 0 Å². The standard InChI is InChI=1S/C26H28O6S/c1-16-3-7-19(8-4-16)23(31-17(2)32-26(29)20-9-10-20)15-30-21-11-5-18(6-12-21)13-24-22(27)14-25(28)33-24/h3-8,11-12,17,20,23-24H,9-10,13-15H2,1-2H3. The molecule has 4 rings (SSSR count). The lowest BCUT2D eigenvalue weighted by atomic mass is 10.1. The third-order valence-electron chi connectivity index (χ3n) is 5.70. The molecule has 1 saturated heterocycles. The van der Waals surface area contributed by atoms with Gasteiger partial charge in [0.2, 0.25) is 6.29 Å². The smallest absolute Gasteiger partial charge is 0.311 e. The molecule has 174 valence electrons. The van der Waals surface area contributed by atoms with Gasteiger partial charge in [0.05, 0.1) is 17.6 Å². The zero-order valence-corrected chi connectivity index (χ0v) is 19.6. The molecule has 2 aromatic rings. The lowest BCUT2D eigenvalue weighted by molar-refractivity contribution is -0.190. The Morgan fingerprint density at radius 1 is 1.06 bits per heavy atom. The molecular formula is C26H28O6S. The maximum absolute atomic E-state index is 12.0. The van der Waals surface area contributed by atoms with Crippen LogP contribution in [-0.2, 0) is 30.3 Å². The van der Waals surface area contributed by atoms with Gasteiger partial charge in [0.25, 0.3) is 0 Å². The SMILES string of the molecule is Cc1ccc(C(COc2ccc(CC3SC(=O)CC3=O)cc2)OC(C)OC(=O)C2CC2)cc1. The molecule has 2 aromatic carbocycles. The van der Waals surface area contributed by atoms with Gasteiger partial charge in [-0.3, -0.25) is 14.4 Å². The van der Waals surface area contributed by atoms with Crippen molar-refractivity contribution < 1.29 is 28.6 Å². The molecule has 0 bridgehead atoms. The van der Waals surface area contributed by atoms with E-state index in [0.717, 1.165) is 41.3 Å². The molecule has 0 aromatic heterocycles. The minimum Gasteiger partial charge on any atom is -0.491 e. The highest BCUT2D eigenvalue weighted by molar-refractivity contribution is 8.15. The molecule has 2 fully saturated rings. The minimum atomic E-state index is -0.681. The largest absolute Gasteiger partial charge is 0.491 e. The van der Waals surface area contributed by atoms with Crippen molar-refractivity contribution in [2.75, 3.05) is 6.61 Å². The van der Waals surface area contributed by atoms with Crippen LogP contribution in [0.1, 0.15) is 49.0 Å². The highest BCUT2D eigenvalue weighted by Gasteiger charge is 2.33. The van der Waals surface area contributed by atoms with Gasteiger partial charge in [0.15, 0.2) is 10.9 Å². The van der Waals surface area contributed by atoms with Gasteiger partial charge in [0, 0.05) is 0 Å². The number of Topliss-reactive ketones (excluding diaryl/α,β-unsaturated/α-hetero) is 1. The van der Waals surface area contributed by atoms with Gasteiger partial charge >= 0.3 is 5.97 Å². The third kappa shape index (κ3) is 6.68. The van der Waals surface area contributed by atoms with E-state index in [-0.39, 0.29) is 41.1 Å². The maximum atomic E-state index is 12.0. The average Bonchev–Trinajstić information content (AvgIpc) is 3.58. The molecule has 0 N–H and O–H groups in total. The zero-order valence-electron chi connectivity index (χ0n) is 18.8. The second kappa shape index (κ2) is 10.5. The summed E-state index contributed by atoms with van der Waals surface area (Å²) in [5.41, 5.74) is 3.06. The van der Waals surface area contributed by atoms with Crippen LogP contribution in [0.25, 0.3) is 0 Å². The lowest BCUT2D eigenvalue weighted by Gasteiger charge is -2.23. The summed E-state index contributed by atoms with van der Waals surface area (Å²) in [5.74, 6) is 0.477. The molecule has 6 nitrogen and oxygen atoms in total. The van der Waals surface area contributed by atoms with Crippen LogP contribution < -0.4 is 4.74 Å². The van der Waals surface area contributed by atoms with E-state index in [9.17, 15) is 14.4 Å². The molecule has 1 aliphatic carbocycles. The van der Waals surface area contributed by atoms with Crippen LogP contribution >= 0.6 is 11.8 Å². The number of hydrogen-bond donors (Lipinski definition) is 0. The number of aryl methyl sites for hydroxylation is 1. The van der Waals surface area contributed by atoms with E-state index in [1.807, 2.05) is 55.5 Å². The molecule has 3 atom stereocenters. The van der Waals surface area contributed by atoms with Crippen molar-refractivity contribution in [2.24, 2.45) is 5.92 Å². The summed E-state index contributed by atoms with van der Waals surface area (Å²) in [5, 5.41) is -0.340. The lowest BCUT2D eigenvalue weighted by Crippen LogP contribution is -2.24. The first-order valence-electron chi connectivity index (χ1n) is 11.2. The summed E-state index contributed by atoms with van der Waals surface area (Å²) >= 11 is 1.13. The topological polar surface area (TPSA) is 78.9 Å². The van der Waals surface area contributed by atoms with Crippen molar-refractivity contribution in [3.8, 4) is 5.75 Å². The maximum Gasteiger partial charge on any atom is 0.311 e. The molecular weight excluding hydrogens is 440 g/mol. The fraction of sp³-hybridized carbons (Fsp3) is 0.423. The van der Waals surface area contributed by atoms with Gasteiger partial charge in [0.1, 0.15) is 18.5 Å². The Bertz CT molecular complexity index is 996.